The third-order valence-corrected chi connectivity index (χ3v) is 3.23. The van der Waals surface area contributed by atoms with Crippen molar-refractivity contribution in [3.8, 4) is 5.88 Å². The number of carbonyl (C=O) groups is 1. The average molecular weight is 284 g/mol. The highest BCUT2D eigenvalue weighted by Crippen LogP contribution is 2.22. The summed E-state index contributed by atoms with van der Waals surface area (Å²) in [6.45, 7) is 1.61. The van der Waals surface area contributed by atoms with Gasteiger partial charge in [0.25, 0.3) is 0 Å². The molecule has 0 unspecified atom stereocenters. The molecule has 0 bridgehead atoms. The number of nitrogens with two attached hydrogens (primary N) is 1. The normalized spacial score (nSPS) is 11.0. The molecular weight excluding hydrogens is 268 g/mol. The molecule has 0 radical (unpaired) electrons. The molecule has 0 atom stereocenters. The lowest BCUT2D eigenvalue weighted by Gasteiger charge is -2.06. The molecule has 1 amide bonds. The Bertz CT molecular complexity index is 551. The van der Waals surface area contributed by atoms with E-state index in [1.54, 1.807) is 18.4 Å². The van der Waals surface area contributed by atoms with Crippen LogP contribution in [0.1, 0.15) is 5.69 Å². The highest BCUT2D eigenvalue weighted by atomic mass is 32.1. The lowest BCUT2D eigenvalue weighted by atomic mass is 10.4. The summed E-state index contributed by atoms with van der Waals surface area (Å²) in [7, 11) is 1.60. The molecule has 2 aromatic heterocycles. The Labute approximate surface area is 114 Å². The number of nitrogens with one attached hydrogen (secondary N) is 1. The van der Waals surface area contributed by atoms with Crippen molar-refractivity contribution in [1.29, 1.82) is 0 Å². The molecule has 0 saturated heterocycles. The molecule has 0 spiro atoms. The minimum atomic E-state index is -0.461. The van der Waals surface area contributed by atoms with Gasteiger partial charge in [-0.25, -0.2) is 0 Å². The number of thiazole rings is 1. The first-order chi connectivity index (χ1) is 9.22. The van der Waals surface area contributed by atoms with E-state index >= 15 is 0 Å². The van der Waals surface area contributed by atoms with Gasteiger partial charge in [-0.15, -0.1) is 11.3 Å². The third-order valence-electron chi connectivity index (χ3n) is 2.48. The van der Waals surface area contributed by atoms with Gasteiger partial charge >= 0.3 is 0 Å². The molecule has 2 heterocycles. The maximum Gasteiger partial charge on any atom is 0.243 e. The van der Waals surface area contributed by atoms with Crippen molar-refractivity contribution >= 4 is 22.2 Å². The van der Waals surface area contributed by atoms with Crippen LogP contribution in [0.2, 0.25) is 0 Å². The predicted molar refractivity (Wildman–Crippen MR) is 71.3 cm³/mol. The van der Waals surface area contributed by atoms with Crippen LogP contribution in [-0.2, 0) is 16.1 Å². The molecule has 104 valence electrons. The highest BCUT2D eigenvalue weighted by molar-refractivity contribution is 7.15. The molecular formula is C11H16N4O3S. The van der Waals surface area contributed by atoms with Gasteiger partial charge in [-0.2, -0.15) is 4.98 Å². The number of methoxy groups -OCH3 is 1. The van der Waals surface area contributed by atoms with Crippen LogP contribution < -0.4 is 15.8 Å². The second-order valence-electron chi connectivity index (χ2n) is 3.82. The van der Waals surface area contributed by atoms with E-state index in [0.717, 1.165) is 10.7 Å². The number of primary amides is 1. The molecule has 0 aliphatic heterocycles. The van der Waals surface area contributed by atoms with E-state index in [1.165, 1.54) is 0 Å². The zero-order valence-corrected chi connectivity index (χ0v) is 11.4. The Morgan fingerprint density at radius 2 is 2.47 bits per heavy atom. The molecule has 0 aromatic carbocycles. The molecule has 0 fully saturated rings. The maximum atomic E-state index is 10.5. The van der Waals surface area contributed by atoms with Gasteiger partial charge in [-0.3, -0.25) is 9.20 Å². The number of aromatic nitrogens is 2. The fraction of sp³-hybridized carbons (Fsp3) is 0.455. The second kappa shape index (κ2) is 6.50. The number of ether oxygens (including phenoxy) is 2. The maximum absolute atomic E-state index is 10.5. The van der Waals surface area contributed by atoms with Gasteiger partial charge in [0.15, 0.2) is 4.96 Å². The quantitative estimate of drug-likeness (QED) is 0.666. The lowest BCUT2D eigenvalue weighted by molar-refractivity contribution is -0.122. The SMILES string of the molecule is COc1nc2sccn2c1CNCCOCC(N)=O. The van der Waals surface area contributed by atoms with Crippen LogP contribution in [0, 0.1) is 0 Å². The zero-order chi connectivity index (χ0) is 13.7. The molecule has 0 aliphatic carbocycles. The smallest absolute Gasteiger partial charge is 0.243 e. The Balaban J connectivity index is 1.83. The second-order valence-corrected chi connectivity index (χ2v) is 4.69. The molecule has 2 rings (SSSR count). The van der Waals surface area contributed by atoms with Crippen LogP contribution in [0.15, 0.2) is 11.6 Å². The summed E-state index contributed by atoms with van der Waals surface area (Å²) in [6, 6.07) is 0. The zero-order valence-electron chi connectivity index (χ0n) is 10.6. The first-order valence-electron chi connectivity index (χ1n) is 5.77. The van der Waals surface area contributed by atoms with Crippen LogP contribution in [0.25, 0.3) is 4.96 Å². The first-order valence-corrected chi connectivity index (χ1v) is 6.65. The topological polar surface area (TPSA) is 90.9 Å². The minimum absolute atomic E-state index is 0.0491. The van der Waals surface area contributed by atoms with Crippen molar-refractivity contribution in [1.82, 2.24) is 14.7 Å². The number of imidazole rings is 1. The largest absolute Gasteiger partial charge is 0.480 e. The number of nitrogens with zero attached hydrogens (tertiary/aromatic N) is 2. The van der Waals surface area contributed by atoms with E-state index in [1.807, 2.05) is 16.0 Å². The minimum Gasteiger partial charge on any atom is -0.480 e. The molecule has 2 aromatic rings. The summed E-state index contributed by atoms with van der Waals surface area (Å²) in [5.41, 5.74) is 5.93. The van der Waals surface area contributed by atoms with Crippen LogP contribution in [-0.4, -0.2) is 42.2 Å². The van der Waals surface area contributed by atoms with Gasteiger partial charge < -0.3 is 20.5 Å². The van der Waals surface area contributed by atoms with Crippen LogP contribution in [0.3, 0.4) is 0 Å². The van der Waals surface area contributed by atoms with E-state index < -0.39 is 5.91 Å². The van der Waals surface area contributed by atoms with Gasteiger partial charge in [-0.05, 0) is 0 Å². The fourth-order valence-electron chi connectivity index (χ4n) is 1.66. The Morgan fingerprint density at radius 3 is 3.21 bits per heavy atom. The van der Waals surface area contributed by atoms with Crippen LogP contribution in [0.4, 0.5) is 0 Å². The van der Waals surface area contributed by atoms with E-state index in [4.69, 9.17) is 15.2 Å². The summed E-state index contributed by atoms with van der Waals surface area (Å²) in [6.07, 6.45) is 1.95. The fourth-order valence-corrected chi connectivity index (χ4v) is 2.39. The molecule has 3 N–H and O–H groups in total. The molecule has 0 aliphatic rings. The van der Waals surface area contributed by atoms with Gasteiger partial charge in [0.2, 0.25) is 11.8 Å². The number of amides is 1. The van der Waals surface area contributed by atoms with Gasteiger partial charge in [0, 0.05) is 24.7 Å². The third kappa shape index (κ3) is 3.43. The van der Waals surface area contributed by atoms with E-state index in [2.05, 4.69) is 10.3 Å². The summed E-state index contributed by atoms with van der Waals surface area (Å²) in [5, 5.41) is 5.18. The summed E-state index contributed by atoms with van der Waals surface area (Å²) < 4.78 is 12.3. The molecule has 7 nitrogen and oxygen atoms in total. The van der Waals surface area contributed by atoms with Crippen molar-refractivity contribution in [2.24, 2.45) is 5.73 Å². The standard InChI is InChI=1S/C11H16N4O3S/c1-17-10-8(15-3-5-19-11(15)14-10)6-13-2-4-18-7-9(12)16/h3,5,13H,2,4,6-7H2,1H3,(H2,12,16). The van der Waals surface area contributed by atoms with Crippen molar-refractivity contribution in [2.75, 3.05) is 26.9 Å². The molecule has 8 heteroatoms. The van der Waals surface area contributed by atoms with Crippen molar-refractivity contribution < 1.29 is 14.3 Å². The average Bonchev–Trinajstić information content (AvgIpc) is 2.94. The van der Waals surface area contributed by atoms with E-state index in [0.29, 0.717) is 25.6 Å². The molecule has 19 heavy (non-hydrogen) atoms. The highest BCUT2D eigenvalue weighted by Gasteiger charge is 2.12. The molecule has 0 saturated carbocycles. The van der Waals surface area contributed by atoms with Crippen molar-refractivity contribution in [3.63, 3.8) is 0 Å². The first kappa shape index (κ1) is 13.8. The number of hydrogen-bond acceptors (Lipinski definition) is 6. The van der Waals surface area contributed by atoms with Crippen molar-refractivity contribution in [2.45, 2.75) is 6.54 Å². The monoisotopic (exact) mass is 284 g/mol. The van der Waals surface area contributed by atoms with Gasteiger partial charge in [0.1, 0.15) is 12.3 Å². The van der Waals surface area contributed by atoms with E-state index in [9.17, 15) is 4.79 Å². The van der Waals surface area contributed by atoms with Gasteiger partial charge in [0.05, 0.1) is 13.7 Å². The number of hydrogen-bond donors (Lipinski definition) is 2. The summed E-state index contributed by atoms with van der Waals surface area (Å²) in [5.74, 6) is 0.162. The predicted octanol–water partition coefficient (Wildman–Crippen LogP) is -0.00410. The Kier molecular flexibility index (Phi) is 4.72. The lowest BCUT2D eigenvalue weighted by Crippen LogP contribution is -2.24. The Hall–Kier alpha value is -1.64. The Morgan fingerprint density at radius 1 is 1.63 bits per heavy atom. The summed E-state index contributed by atoms with van der Waals surface area (Å²) in [4.78, 5) is 15.7. The van der Waals surface area contributed by atoms with Crippen LogP contribution in [0.5, 0.6) is 5.88 Å². The van der Waals surface area contributed by atoms with Crippen LogP contribution >= 0.6 is 11.3 Å². The number of carbonyl (C=O) groups excluding carboxylic acids is 1. The number of fused-ring (bicyclic) bond motifs is 1. The van der Waals surface area contributed by atoms with E-state index in [-0.39, 0.29) is 6.61 Å². The number of rotatable bonds is 8. The van der Waals surface area contributed by atoms with Crippen molar-refractivity contribution in [3.05, 3.63) is 17.3 Å². The van der Waals surface area contributed by atoms with Gasteiger partial charge in [-0.1, -0.05) is 0 Å². The summed E-state index contributed by atoms with van der Waals surface area (Å²) >= 11 is 1.56.